The van der Waals surface area contributed by atoms with E-state index in [4.69, 9.17) is 5.26 Å². The first kappa shape index (κ1) is 17.2. The summed E-state index contributed by atoms with van der Waals surface area (Å²) in [6, 6.07) is 12.2. The molecule has 1 aromatic carbocycles. The van der Waals surface area contributed by atoms with Gasteiger partial charge in [0.25, 0.3) is 0 Å². The molecule has 3 aromatic rings. The summed E-state index contributed by atoms with van der Waals surface area (Å²) >= 11 is 0. The number of anilines is 1. The van der Waals surface area contributed by atoms with E-state index in [1.165, 1.54) is 12.1 Å². The lowest BCUT2D eigenvalue weighted by atomic mass is 10.1. The highest BCUT2D eigenvalue weighted by Gasteiger charge is 2.20. The van der Waals surface area contributed by atoms with Crippen LogP contribution in [0.2, 0.25) is 0 Å². The molecule has 7 heteroatoms. The minimum Gasteiger partial charge on any atom is -0.354 e. The highest BCUT2D eigenvalue weighted by Crippen LogP contribution is 2.23. The summed E-state index contributed by atoms with van der Waals surface area (Å²) in [7, 11) is 0. The molecule has 1 fully saturated rings. The van der Waals surface area contributed by atoms with Crippen LogP contribution >= 0.6 is 0 Å². The number of piperazine rings is 1. The first-order valence-corrected chi connectivity index (χ1v) is 8.84. The maximum absolute atomic E-state index is 13.2. The van der Waals surface area contributed by atoms with Crippen molar-refractivity contribution in [3.8, 4) is 17.3 Å². The number of nitrogens with zero attached hydrogens (tertiary/aromatic N) is 5. The third kappa shape index (κ3) is 3.81. The highest BCUT2D eigenvalue weighted by atomic mass is 19.1. The molecule has 1 aliphatic rings. The lowest BCUT2D eigenvalue weighted by Crippen LogP contribution is -2.46. The predicted molar refractivity (Wildman–Crippen MR) is 100 cm³/mol. The number of aromatic amines is 1. The summed E-state index contributed by atoms with van der Waals surface area (Å²) in [5.74, 6) is 0.663. The van der Waals surface area contributed by atoms with E-state index in [0.717, 1.165) is 55.4 Å². The Kier molecular flexibility index (Phi) is 4.81. The van der Waals surface area contributed by atoms with Crippen molar-refractivity contribution in [3.05, 3.63) is 65.7 Å². The zero-order chi connectivity index (χ0) is 18.6. The van der Waals surface area contributed by atoms with Crippen LogP contribution in [0.1, 0.15) is 11.1 Å². The lowest BCUT2D eigenvalue weighted by molar-refractivity contribution is 0.249. The maximum Gasteiger partial charge on any atom is 0.128 e. The maximum atomic E-state index is 13.2. The molecule has 0 aliphatic carbocycles. The number of nitrogens with one attached hydrogen (secondary N) is 1. The van der Waals surface area contributed by atoms with Crippen molar-refractivity contribution in [2.45, 2.75) is 6.54 Å². The number of rotatable bonds is 4. The van der Waals surface area contributed by atoms with E-state index in [1.807, 2.05) is 12.3 Å². The molecule has 136 valence electrons. The number of benzene rings is 1. The molecule has 4 rings (SSSR count). The molecule has 1 saturated heterocycles. The largest absolute Gasteiger partial charge is 0.354 e. The van der Waals surface area contributed by atoms with E-state index in [2.05, 4.69) is 31.1 Å². The highest BCUT2D eigenvalue weighted by molar-refractivity contribution is 5.62. The van der Waals surface area contributed by atoms with Crippen LogP contribution in [0, 0.1) is 17.1 Å². The molecule has 6 nitrogen and oxygen atoms in total. The minimum atomic E-state index is -0.243. The Bertz CT molecular complexity index is 934. The van der Waals surface area contributed by atoms with Crippen LogP contribution in [0.4, 0.5) is 10.2 Å². The van der Waals surface area contributed by atoms with Crippen LogP contribution in [0.15, 0.2) is 48.8 Å². The van der Waals surface area contributed by atoms with Gasteiger partial charge in [-0.25, -0.2) is 9.37 Å². The summed E-state index contributed by atoms with van der Waals surface area (Å²) < 4.78 is 13.2. The van der Waals surface area contributed by atoms with Gasteiger partial charge in [0.1, 0.15) is 17.7 Å². The number of halogens is 1. The molecule has 1 aliphatic heterocycles. The van der Waals surface area contributed by atoms with Crippen LogP contribution < -0.4 is 4.90 Å². The second-order valence-electron chi connectivity index (χ2n) is 6.56. The van der Waals surface area contributed by atoms with Gasteiger partial charge in [-0.15, -0.1) is 0 Å². The Morgan fingerprint density at radius 2 is 1.81 bits per heavy atom. The second kappa shape index (κ2) is 7.56. The van der Waals surface area contributed by atoms with Crippen molar-refractivity contribution >= 4 is 5.82 Å². The number of hydrogen-bond donors (Lipinski definition) is 1. The Morgan fingerprint density at radius 1 is 1.04 bits per heavy atom. The molecule has 0 unspecified atom stereocenters. The smallest absolute Gasteiger partial charge is 0.128 e. The predicted octanol–water partition coefficient (Wildman–Crippen LogP) is 2.80. The zero-order valence-corrected chi connectivity index (χ0v) is 14.8. The van der Waals surface area contributed by atoms with E-state index in [9.17, 15) is 4.39 Å². The first-order chi connectivity index (χ1) is 13.2. The summed E-state index contributed by atoms with van der Waals surface area (Å²) in [6.07, 6.45) is 3.45. The normalized spacial score (nSPS) is 14.9. The molecule has 0 saturated carbocycles. The Balaban J connectivity index is 1.39. The quantitative estimate of drug-likeness (QED) is 0.773. The standard InChI is InChI=1S/C20H19FN6/c21-18-4-2-16(3-5-18)20-17(13-24-25-20)14-26-7-9-27(10-8-26)19-6-1-15(11-22)12-23-19/h1-6,12-13H,7-10,14H2,(H,24,25). The minimum absolute atomic E-state index is 0.243. The summed E-state index contributed by atoms with van der Waals surface area (Å²) in [5, 5.41) is 16.1. The molecule has 2 aromatic heterocycles. The number of nitriles is 1. The second-order valence-corrected chi connectivity index (χ2v) is 6.56. The number of aromatic nitrogens is 3. The van der Waals surface area contributed by atoms with Gasteiger partial charge in [-0.2, -0.15) is 10.4 Å². The average molecular weight is 362 g/mol. The molecular weight excluding hydrogens is 343 g/mol. The molecule has 0 atom stereocenters. The monoisotopic (exact) mass is 362 g/mol. The molecular formula is C20H19FN6. The SMILES string of the molecule is N#Cc1ccc(N2CCN(Cc3cn[nH]c3-c3ccc(F)cc3)CC2)nc1. The van der Waals surface area contributed by atoms with Crippen molar-refractivity contribution in [3.63, 3.8) is 0 Å². The molecule has 0 spiro atoms. The van der Waals surface area contributed by atoms with Gasteiger partial charge in [-0.1, -0.05) is 0 Å². The third-order valence-corrected chi connectivity index (χ3v) is 4.82. The van der Waals surface area contributed by atoms with E-state index < -0.39 is 0 Å². The fourth-order valence-electron chi connectivity index (χ4n) is 3.31. The number of hydrogen-bond acceptors (Lipinski definition) is 5. The summed E-state index contributed by atoms with van der Waals surface area (Å²) in [5.41, 5.74) is 3.55. The van der Waals surface area contributed by atoms with Crippen molar-refractivity contribution in [2.75, 3.05) is 31.1 Å². The van der Waals surface area contributed by atoms with Crippen LogP contribution in [-0.4, -0.2) is 46.3 Å². The molecule has 0 amide bonds. The first-order valence-electron chi connectivity index (χ1n) is 8.84. The number of H-pyrrole nitrogens is 1. The van der Waals surface area contributed by atoms with Gasteiger partial charge in [0.2, 0.25) is 0 Å². The zero-order valence-electron chi connectivity index (χ0n) is 14.8. The molecule has 0 bridgehead atoms. The van der Waals surface area contributed by atoms with E-state index in [0.29, 0.717) is 5.56 Å². The number of pyridine rings is 1. The van der Waals surface area contributed by atoms with Crippen molar-refractivity contribution < 1.29 is 4.39 Å². The topological polar surface area (TPSA) is 71.8 Å². The van der Waals surface area contributed by atoms with Gasteiger partial charge in [0, 0.05) is 50.0 Å². The van der Waals surface area contributed by atoms with Gasteiger partial charge in [-0.3, -0.25) is 10.00 Å². The Hall–Kier alpha value is -3.24. The van der Waals surface area contributed by atoms with Crippen LogP contribution in [0.25, 0.3) is 11.3 Å². The van der Waals surface area contributed by atoms with Crippen LogP contribution in [-0.2, 0) is 6.54 Å². The third-order valence-electron chi connectivity index (χ3n) is 4.82. The van der Waals surface area contributed by atoms with Gasteiger partial charge in [0.15, 0.2) is 0 Å². The Labute approximate surface area is 156 Å². The Morgan fingerprint density at radius 3 is 2.48 bits per heavy atom. The van der Waals surface area contributed by atoms with Crippen molar-refractivity contribution in [2.24, 2.45) is 0 Å². The fourth-order valence-corrected chi connectivity index (χ4v) is 3.31. The van der Waals surface area contributed by atoms with Crippen LogP contribution in [0.3, 0.4) is 0 Å². The fraction of sp³-hybridized carbons (Fsp3) is 0.250. The molecule has 27 heavy (non-hydrogen) atoms. The van der Waals surface area contributed by atoms with Gasteiger partial charge in [0.05, 0.1) is 17.5 Å². The van der Waals surface area contributed by atoms with Gasteiger partial charge in [-0.05, 0) is 36.4 Å². The van der Waals surface area contributed by atoms with E-state index in [1.54, 1.807) is 24.4 Å². The molecule has 1 N–H and O–H groups in total. The molecule has 3 heterocycles. The lowest BCUT2D eigenvalue weighted by Gasteiger charge is -2.35. The van der Waals surface area contributed by atoms with E-state index >= 15 is 0 Å². The van der Waals surface area contributed by atoms with Gasteiger partial charge >= 0.3 is 0 Å². The molecule has 0 radical (unpaired) electrons. The van der Waals surface area contributed by atoms with Crippen LogP contribution in [0.5, 0.6) is 0 Å². The van der Waals surface area contributed by atoms with Gasteiger partial charge < -0.3 is 4.90 Å². The summed E-state index contributed by atoms with van der Waals surface area (Å²) in [4.78, 5) is 8.98. The average Bonchev–Trinajstić information content (AvgIpc) is 3.17. The van der Waals surface area contributed by atoms with Crippen molar-refractivity contribution in [1.29, 1.82) is 5.26 Å². The van der Waals surface area contributed by atoms with Crippen molar-refractivity contribution in [1.82, 2.24) is 20.1 Å². The summed E-state index contributed by atoms with van der Waals surface area (Å²) in [6.45, 7) is 4.37. The van der Waals surface area contributed by atoms with E-state index in [-0.39, 0.29) is 5.82 Å².